The minimum atomic E-state index is 0.100. The SMILES string of the molecule is CC(C)NC(c1ccc(Cl)cc1)c1ccccn1. The monoisotopic (exact) mass is 260 g/mol. The molecular formula is C15H17ClN2. The molecule has 0 radical (unpaired) electrons. The summed E-state index contributed by atoms with van der Waals surface area (Å²) in [4.78, 5) is 4.44. The van der Waals surface area contributed by atoms with E-state index in [1.54, 1.807) is 0 Å². The van der Waals surface area contributed by atoms with E-state index < -0.39 is 0 Å². The van der Waals surface area contributed by atoms with Gasteiger partial charge in [0.1, 0.15) is 0 Å². The Hall–Kier alpha value is -1.38. The molecule has 1 atom stereocenters. The molecule has 0 saturated carbocycles. The first-order valence-electron chi connectivity index (χ1n) is 6.09. The summed E-state index contributed by atoms with van der Waals surface area (Å²) in [5.41, 5.74) is 2.19. The molecule has 0 spiro atoms. The molecule has 18 heavy (non-hydrogen) atoms. The molecule has 1 heterocycles. The van der Waals surface area contributed by atoms with Gasteiger partial charge in [0.15, 0.2) is 0 Å². The van der Waals surface area contributed by atoms with Gasteiger partial charge in [0.2, 0.25) is 0 Å². The van der Waals surface area contributed by atoms with Gasteiger partial charge in [0, 0.05) is 17.3 Å². The number of benzene rings is 1. The second-order valence-corrected chi connectivity index (χ2v) is 5.00. The van der Waals surface area contributed by atoms with Crippen molar-refractivity contribution in [2.24, 2.45) is 0 Å². The van der Waals surface area contributed by atoms with Crippen molar-refractivity contribution in [3.05, 3.63) is 64.9 Å². The lowest BCUT2D eigenvalue weighted by Crippen LogP contribution is -2.29. The third kappa shape index (κ3) is 3.31. The second kappa shape index (κ2) is 5.98. The molecule has 1 aromatic heterocycles. The van der Waals surface area contributed by atoms with Crippen LogP contribution in [-0.2, 0) is 0 Å². The first-order valence-corrected chi connectivity index (χ1v) is 6.47. The Morgan fingerprint density at radius 3 is 2.33 bits per heavy atom. The summed E-state index contributed by atoms with van der Waals surface area (Å²) in [6.45, 7) is 4.26. The fourth-order valence-electron chi connectivity index (χ4n) is 1.89. The van der Waals surface area contributed by atoms with Crippen molar-refractivity contribution in [1.29, 1.82) is 0 Å². The van der Waals surface area contributed by atoms with Crippen LogP contribution in [0.2, 0.25) is 5.02 Å². The standard InChI is InChI=1S/C15H17ClN2/c1-11(2)18-15(14-5-3-4-10-17-14)12-6-8-13(16)9-7-12/h3-11,15,18H,1-2H3. The molecule has 0 saturated heterocycles. The Bertz CT molecular complexity index is 480. The summed E-state index contributed by atoms with van der Waals surface area (Å²) in [6.07, 6.45) is 1.82. The van der Waals surface area contributed by atoms with E-state index in [4.69, 9.17) is 11.6 Å². The van der Waals surface area contributed by atoms with Gasteiger partial charge in [-0.05, 0) is 43.7 Å². The van der Waals surface area contributed by atoms with Crippen LogP contribution in [0.1, 0.15) is 31.1 Å². The molecule has 1 aromatic carbocycles. The third-order valence-electron chi connectivity index (χ3n) is 2.69. The number of rotatable bonds is 4. The Kier molecular flexibility index (Phi) is 4.34. The summed E-state index contributed by atoms with van der Waals surface area (Å²) < 4.78 is 0. The van der Waals surface area contributed by atoms with Gasteiger partial charge >= 0.3 is 0 Å². The van der Waals surface area contributed by atoms with Crippen molar-refractivity contribution < 1.29 is 0 Å². The lowest BCUT2D eigenvalue weighted by atomic mass is 10.0. The molecule has 0 aliphatic rings. The maximum atomic E-state index is 5.93. The molecule has 94 valence electrons. The van der Waals surface area contributed by atoms with E-state index in [9.17, 15) is 0 Å². The van der Waals surface area contributed by atoms with Crippen LogP contribution in [0.15, 0.2) is 48.7 Å². The Balaban J connectivity index is 2.33. The van der Waals surface area contributed by atoms with Gasteiger partial charge in [0.25, 0.3) is 0 Å². The topological polar surface area (TPSA) is 24.9 Å². The minimum absolute atomic E-state index is 0.100. The first-order chi connectivity index (χ1) is 8.66. The summed E-state index contributed by atoms with van der Waals surface area (Å²) in [6, 6.07) is 14.4. The molecule has 0 bridgehead atoms. The molecule has 3 heteroatoms. The Labute approximate surface area is 113 Å². The zero-order chi connectivity index (χ0) is 13.0. The van der Waals surface area contributed by atoms with E-state index in [2.05, 4.69) is 24.1 Å². The summed E-state index contributed by atoms with van der Waals surface area (Å²) >= 11 is 5.93. The Morgan fingerprint density at radius 2 is 1.78 bits per heavy atom. The molecule has 2 rings (SSSR count). The summed E-state index contributed by atoms with van der Waals surface area (Å²) in [7, 11) is 0. The predicted octanol–water partition coefficient (Wildman–Crippen LogP) is 3.82. The number of pyridine rings is 1. The number of halogens is 1. The van der Waals surface area contributed by atoms with Crippen LogP contribution in [0.4, 0.5) is 0 Å². The fraction of sp³-hybridized carbons (Fsp3) is 0.267. The van der Waals surface area contributed by atoms with Crippen LogP contribution in [0.3, 0.4) is 0 Å². The molecule has 0 aliphatic heterocycles. The number of nitrogens with one attached hydrogen (secondary N) is 1. The molecule has 0 aliphatic carbocycles. The molecule has 0 amide bonds. The van der Waals surface area contributed by atoms with Crippen molar-refractivity contribution in [1.82, 2.24) is 10.3 Å². The highest BCUT2D eigenvalue weighted by Gasteiger charge is 2.15. The first kappa shape index (κ1) is 13.1. The lowest BCUT2D eigenvalue weighted by molar-refractivity contribution is 0.520. The second-order valence-electron chi connectivity index (χ2n) is 4.56. The molecule has 1 N–H and O–H groups in total. The molecule has 2 nitrogen and oxygen atoms in total. The maximum Gasteiger partial charge on any atom is 0.0753 e. The molecule has 1 unspecified atom stereocenters. The van der Waals surface area contributed by atoms with Crippen molar-refractivity contribution >= 4 is 11.6 Å². The van der Waals surface area contributed by atoms with E-state index in [-0.39, 0.29) is 6.04 Å². The molecule has 2 aromatic rings. The van der Waals surface area contributed by atoms with Gasteiger partial charge < -0.3 is 5.32 Å². The minimum Gasteiger partial charge on any atom is -0.303 e. The van der Waals surface area contributed by atoms with Crippen LogP contribution in [0.5, 0.6) is 0 Å². The zero-order valence-electron chi connectivity index (χ0n) is 10.6. The van der Waals surface area contributed by atoms with Gasteiger partial charge in [0.05, 0.1) is 11.7 Å². The van der Waals surface area contributed by atoms with E-state index in [0.29, 0.717) is 6.04 Å². The number of nitrogens with zero attached hydrogens (tertiary/aromatic N) is 1. The van der Waals surface area contributed by atoms with E-state index in [0.717, 1.165) is 10.7 Å². The van der Waals surface area contributed by atoms with E-state index in [1.165, 1.54) is 5.56 Å². The van der Waals surface area contributed by atoms with Gasteiger partial charge in [-0.25, -0.2) is 0 Å². The van der Waals surface area contributed by atoms with Crippen LogP contribution in [-0.4, -0.2) is 11.0 Å². The van der Waals surface area contributed by atoms with Gasteiger partial charge in [-0.3, -0.25) is 4.98 Å². The normalized spacial score (nSPS) is 12.7. The highest BCUT2D eigenvalue weighted by atomic mass is 35.5. The Morgan fingerprint density at radius 1 is 1.06 bits per heavy atom. The van der Waals surface area contributed by atoms with Crippen LogP contribution in [0.25, 0.3) is 0 Å². The molecule has 0 fully saturated rings. The van der Waals surface area contributed by atoms with E-state index >= 15 is 0 Å². The van der Waals surface area contributed by atoms with Gasteiger partial charge in [-0.15, -0.1) is 0 Å². The van der Waals surface area contributed by atoms with Crippen LogP contribution >= 0.6 is 11.6 Å². The lowest BCUT2D eigenvalue weighted by Gasteiger charge is -2.21. The number of hydrogen-bond acceptors (Lipinski definition) is 2. The van der Waals surface area contributed by atoms with E-state index in [1.807, 2.05) is 48.7 Å². The highest BCUT2D eigenvalue weighted by molar-refractivity contribution is 6.30. The smallest absolute Gasteiger partial charge is 0.0753 e. The third-order valence-corrected chi connectivity index (χ3v) is 2.94. The van der Waals surface area contributed by atoms with Crippen LogP contribution in [0, 0.1) is 0 Å². The zero-order valence-corrected chi connectivity index (χ0v) is 11.4. The van der Waals surface area contributed by atoms with Crippen molar-refractivity contribution in [2.75, 3.05) is 0 Å². The summed E-state index contributed by atoms with van der Waals surface area (Å²) in [5.74, 6) is 0. The fourth-order valence-corrected chi connectivity index (χ4v) is 2.01. The number of hydrogen-bond donors (Lipinski definition) is 1. The largest absolute Gasteiger partial charge is 0.303 e. The van der Waals surface area contributed by atoms with Gasteiger partial charge in [-0.2, -0.15) is 0 Å². The van der Waals surface area contributed by atoms with Crippen LogP contribution < -0.4 is 5.32 Å². The highest BCUT2D eigenvalue weighted by Crippen LogP contribution is 2.22. The predicted molar refractivity (Wildman–Crippen MR) is 75.8 cm³/mol. The average Bonchev–Trinajstić information content (AvgIpc) is 2.38. The van der Waals surface area contributed by atoms with Crippen molar-refractivity contribution in [2.45, 2.75) is 25.9 Å². The van der Waals surface area contributed by atoms with Crippen molar-refractivity contribution in [3.8, 4) is 0 Å². The molecular weight excluding hydrogens is 244 g/mol. The average molecular weight is 261 g/mol. The maximum absolute atomic E-state index is 5.93. The number of aromatic nitrogens is 1. The summed E-state index contributed by atoms with van der Waals surface area (Å²) in [5, 5.41) is 4.28. The van der Waals surface area contributed by atoms with Gasteiger partial charge in [-0.1, -0.05) is 29.8 Å². The van der Waals surface area contributed by atoms with Crippen molar-refractivity contribution in [3.63, 3.8) is 0 Å². The quantitative estimate of drug-likeness (QED) is 0.904.